The van der Waals surface area contributed by atoms with Crippen LogP contribution >= 0.6 is 11.6 Å². The average Bonchev–Trinajstić information content (AvgIpc) is 2.96. The minimum atomic E-state index is -0.290. The summed E-state index contributed by atoms with van der Waals surface area (Å²) < 4.78 is 0. The number of nitrogens with zero attached hydrogens (tertiary/aromatic N) is 2. The van der Waals surface area contributed by atoms with Crippen LogP contribution in [0.2, 0.25) is 5.02 Å². The number of hydrogen-bond donors (Lipinski definition) is 1. The van der Waals surface area contributed by atoms with Gasteiger partial charge in [-0.1, -0.05) is 17.7 Å². The number of benzene rings is 2. The van der Waals surface area contributed by atoms with E-state index in [1.54, 1.807) is 47.4 Å². The summed E-state index contributed by atoms with van der Waals surface area (Å²) in [5, 5.41) is 3.29. The average molecular weight is 372 g/mol. The molecule has 1 heterocycles. The number of ketones is 1. The van der Waals surface area contributed by atoms with E-state index in [2.05, 4.69) is 5.32 Å². The monoisotopic (exact) mass is 371 g/mol. The van der Waals surface area contributed by atoms with Crippen LogP contribution in [0, 0.1) is 0 Å². The molecule has 0 unspecified atom stereocenters. The van der Waals surface area contributed by atoms with Crippen molar-refractivity contribution in [3.8, 4) is 0 Å². The third-order valence-electron chi connectivity index (χ3n) is 4.12. The number of urea groups is 1. The van der Waals surface area contributed by atoms with E-state index in [-0.39, 0.29) is 24.3 Å². The van der Waals surface area contributed by atoms with Gasteiger partial charge >= 0.3 is 6.03 Å². The molecule has 7 heteroatoms. The Hall–Kier alpha value is -2.86. The van der Waals surface area contributed by atoms with E-state index in [1.165, 1.54) is 11.8 Å². The first-order valence-electron chi connectivity index (χ1n) is 8.17. The Morgan fingerprint density at radius 3 is 2.50 bits per heavy atom. The largest absolute Gasteiger partial charge is 0.325 e. The molecule has 0 bridgehead atoms. The Balaban J connectivity index is 1.59. The lowest BCUT2D eigenvalue weighted by atomic mass is 10.1. The minimum Gasteiger partial charge on any atom is -0.325 e. The number of nitrogens with one attached hydrogen (secondary N) is 1. The summed E-state index contributed by atoms with van der Waals surface area (Å²) >= 11 is 5.98. The maximum Gasteiger partial charge on any atom is 0.325 e. The van der Waals surface area contributed by atoms with Crippen molar-refractivity contribution in [2.45, 2.75) is 6.92 Å². The fourth-order valence-electron chi connectivity index (χ4n) is 2.78. The first-order chi connectivity index (χ1) is 12.4. The van der Waals surface area contributed by atoms with Gasteiger partial charge in [-0.2, -0.15) is 0 Å². The van der Waals surface area contributed by atoms with Crippen LogP contribution in [0.25, 0.3) is 0 Å². The highest BCUT2D eigenvalue weighted by molar-refractivity contribution is 6.30. The van der Waals surface area contributed by atoms with Gasteiger partial charge in [0.25, 0.3) is 0 Å². The molecule has 0 saturated carbocycles. The van der Waals surface area contributed by atoms with Gasteiger partial charge in [0, 0.05) is 35.1 Å². The van der Waals surface area contributed by atoms with Crippen LogP contribution in [-0.2, 0) is 4.79 Å². The lowest BCUT2D eigenvalue weighted by Crippen LogP contribution is -2.37. The summed E-state index contributed by atoms with van der Waals surface area (Å²) in [6.45, 7) is 2.41. The van der Waals surface area contributed by atoms with Gasteiger partial charge in [-0.15, -0.1) is 0 Å². The van der Waals surface area contributed by atoms with Gasteiger partial charge in [0.1, 0.15) is 6.54 Å². The summed E-state index contributed by atoms with van der Waals surface area (Å²) in [5.41, 5.74) is 1.87. The highest BCUT2D eigenvalue weighted by atomic mass is 35.5. The smallest absolute Gasteiger partial charge is 0.325 e. The van der Waals surface area contributed by atoms with Crippen LogP contribution in [0.1, 0.15) is 17.3 Å². The lowest BCUT2D eigenvalue weighted by molar-refractivity contribution is -0.116. The molecular formula is C19H18ClN3O3. The van der Waals surface area contributed by atoms with E-state index in [0.29, 0.717) is 35.1 Å². The summed E-state index contributed by atoms with van der Waals surface area (Å²) in [4.78, 5) is 39.1. The molecule has 2 aromatic carbocycles. The zero-order valence-electron chi connectivity index (χ0n) is 14.2. The molecule has 2 aromatic rings. The molecule has 0 radical (unpaired) electrons. The van der Waals surface area contributed by atoms with Gasteiger partial charge in [-0.3, -0.25) is 14.5 Å². The molecule has 0 aliphatic carbocycles. The molecule has 3 rings (SSSR count). The van der Waals surface area contributed by atoms with Crippen LogP contribution in [0.4, 0.5) is 16.2 Å². The minimum absolute atomic E-state index is 0.0355. The second kappa shape index (κ2) is 7.58. The fourth-order valence-corrected chi connectivity index (χ4v) is 2.96. The number of Topliss-reactive ketones (excluding diaryl/α,β-unsaturated/α-hetero) is 1. The third kappa shape index (κ3) is 4.03. The second-order valence-corrected chi connectivity index (χ2v) is 6.45. The van der Waals surface area contributed by atoms with Crippen molar-refractivity contribution in [1.29, 1.82) is 0 Å². The Kier molecular flexibility index (Phi) is 5.23. The fraction of sp³-hybridized carbons (Fsp3) is 0.211. The van der Waals surface area contributed by atoms with Crippen molar-refractivity contribution in [3.63, 3.8) is 0 Å². The topological polar surface area (TPSA) is 69.7 Å². The molecule has 1 saturated heterocycles. The molecule has 1 N–H and O–H groups in total. The molecule has 0 atom stereocenters. The second-order valence-electron chi connectivity index (χ2n) is 6.02. The van der Waals surface area contributed by atoms with Gasteiger partial charge < -0.3 is 10.2 Å². The van der Waals surface area contributed by atoms with E-state index in [1.807, 2.05) is 6.07 Å². The molecule has 6 nitrogen and oxygen atoms in total. The molecule has 1 fully saturated rings. The van der Waals surface area contributed by atoms with Crippen molar-refractivity contribution < 1.29 is 14.4 Å². The first kappa shape index (κ1) is 17.9. The van der Waals surface area contributed by atoms with Crippen LogP contribution in [0.5, 0.6) is 0 Å². The van der Waals surface area contributed by atoms with Gasteiger partial charge in [0.05, 0.1) is 0 Å². The summed E-state index contributed by atoms with van der Waals surface area (Å²) in [6, 6.07) is 13.5. The Labute approximate surface area is 156 Å². The van der Waals surface area contributed by atoms with Gasteiger partial charge in [-0.25, -0.2) is 4.79 Å². The molecule has 3 amide bonds. The van der Waals surface area contributed by atoms with Crippen molar-refractivity contribution in [3.05, 3.63) is 59.1 Å². The highest BCUT2D eigenvalue weighted by Crippen LogP contribution is 2.23. The third-order valence-corrected chi connectivity index (χ3v) is 4.36. The normalized spacial score (nSPS) is 13.8. The molecule has 134 valence electrons. The van der Waals surface area contributed by atoms with E-state index < -0.39 is 0 Å². The highest BCUT2D eigenvalue weighted by Gasteiger charge is 2.30. The standard InChI is InChI=1S/C19H18ClN3O3/c1-13(24)14-5-7-16(8-6-14)21-18(25)12-22-9-10-23(19(22)26)17-4-2-3-15(20)11-17/h2-8,11H,9-10,12H2,1H3,(H,21,25). The van der Waals surface area contributed by atoms with Gasteiger partial charge in [0.2, 0.25) is 5.91 Å². The number of anilines is 2. The van der Waals surface area contributed by atoms with Crippen LogP contribution < -0.4 is 10.2 Å². The summed E-state index contributed by atoms with van der Waals surface area (Å²) in [7, 11) is 0. The number of carbonyl (C=O) groups is 3. The van der Waals surface area contributed by atoms with E-state index >= 15 is 0 Å². The number of halogens is 1. The van der Waals surface area contributed by atoms with Crippen molar-refractivity contribution >= 4 is 40.7 Å². The number of hydrogen-bond acceptors (Lipinski definition) is 3. The van der Waals surface area contributed by atoms with Gasteiger partial charge in [0.15, 0.2) is 5.78 Å². The SMILES string of the molecule is CC(=O)c1ccc(NC(=O)CN2CCN(c3cccc(Cl)c3)C2=O)cc1. The van der Waals surface area contributed by atoms with Crippen molar-refractivity contribution in [2.75, 3.05) is 29.9 Å². The summed E-state index contributed by atoms with van der Waals surface area (Å²) in [6.07, 6.45) is 0. The molecule has 1 aliphatic heterocycles. The Morgan fingerprint density at radius 1 is 1.12 bits per heavy atom. The zero-order valence-corrected chi connectivity index (χ0v) is 15.0. The van der Waals surface area contributed by atoms with E-state index in [9.17, 15) is 14.4 Å². The van der Waals surface area contributed by atoms with Crippen LogP contribution in [-0.4, -0.2) is 42.3 Å². The predicted octanol–water partition coefficient (Wildman–Crippen LogP) is 3.42. The molecule has 26 heavy (non-hydrogen) atoms. The summed E-state index contributed by atoms with van der Waals surface area (Å²) in [5.74, 6) is -0.325. The van der Waals surface area contributed by atoms with Crippen LogP contribution in [0.3, 0.4) is 0 Å². The molecule has 0 aromatic heterocycles. The molecular weight excluding hydrogens is 354 g/mol. The van der Waals surface area contributed by atoms with E-state index in [4.69, 9.17) is 11.6 Å². The maximum atomic E-state index is 12.5. The Bertz CT molecular complexity index is 851. The van der Waals surface area contributed by atoms with E-state index in [0.717, 1.165) is 0 Å². The van der Waals surface area contributed by atoms with Crippen molar-refractivity contribution in [1.82, 2.24) is 4.90 Å². The quantitative estimate of drug-likeness (QED) is 0.819. The van der Waals surface area contributed by atoms with Crippen molar-refractivity contribution in [2.24, 2.45) is 0 Å². The number of rotatable bonds is 5. The predicted molar refractivity (Wildman–Crippen MR) is 101 cm³/mol. The number of amides is 3. The molecule has 0 spiro atoms. The van der Waals surface area contributed by atoms with Crippen LogP contribution in [0.15, 0.2) is 48.5 Å². The Morgan fingerprint density at radius 2 is 1.85 bits per heavy atom. The molecule has 1 aliphatic rings. The lowest BCUT2D eigenvalue weighted by Gasteiger charge is -2.18. The number of carbonyl (C=O) groups excluding carboxylic acids is 3. The first-order valence-corrected chi connectivity index (χ1v) is 8.55. The maximum absolute atomic E-state index is 12.5. The van der Waals surface area contributed by atoms with Gasteiger partial charge in [-0.05, 0) is 49.4 Å². The zero-order chi connectivity index (χ0) is 18.7.